The minimum absolute atomic E-state index is 0.275. The van der Waals surface area contributed by atoms with Crippen molar-refractivity contribution < 1.29 is 9.53 Å². The minimum Gasteiger partial charge on any atom is -0.494 e. The zero-order valence-corrected chi connectivity index (χ0v) is 15.0. The number of aryl methyl sites for hydroxylation is 1. The number of ether oxygens (including phenoxy) is 1. The second-order valence-corrected chi connectivity index (χ2v) is 7.14. The van der Waals surface area contributed by atoms with Crippen molar-refractivity contribution in [3.8, 4) is 5.75 Å². The predicted molar refractivity (Wildman–Crippen MR) is 91.8 cm³/mol. The Morgan fingerprint density at radius 1 is 1.41 bits per heavy atom. The van der Waals surface area contributed by atoms with Crippen molar-refractivity contribution in [2.75, 3.05) is 11.9 Å². The van der Waals surface area contributed by atoms with Gasteiger partial charge in [-0.2, -0.15) is 0 Å². The number of nitrogens with one attached hydrogen (secondary N) is 1. The summed E-state index contributed by atoms with van der Waals surface area (Å²) in [5.74, 6) is 0.562. The molecule has 0 bridgehead atoms. The fourth-order valence-corrected chi connectivity index (χ4v) is 2.66. The van der Waals surface area contributed by atoms with E-state index in [9.17, 15) is 4.79 Å². The van der Waals surface area contributed by atoms with Gasteiger partial charge in [-0.3, -0.25) is 10.1 Å². The van der Waals surface area contributed by atoms with Gasteiger partial charge < -0.3 is 4.74 Å². The van der Waals surface area contributed by atoms with E-state index in [1.54, 1.807) is 6.92 Å². The van der Waals surface area contributed by atoms with Gasteiger partial charge in [-0.15, -0.1) is 21.8 Å². The highest BCUT2D eigenvalue weighted by Crippen LogP contribution is 2.19. The van der Waals surface area contributed by atoms with Crippen molar-refractivity contribution in [3.63, 3.8) is 0 Å². The van der Waals surface area contributed by atoms with Crippen molar-refractivity contribution in [1.29, 1.82) is 0 Å². The number of carbonyl (C=O) groups excluding carboxylic acids is 1. The van der Waals surface area contributed by atoms with Gasteiger partial charge in [-0.1, -0.05) is 27.3 Å². The van der Waals surface area contributed by atoms with Gasteiger partial charge >= 0.3 is 0 Å². The second-order valence-electron chi connectivity index (χ2n) is 4.51. The van der Waals surface area contributed by atoms with Crippen LogP contribution in [0.4, 0.5) is 5.13 Å². The van der Waals surface area contributed by atoms with Crippen molar-refractivity contribution in [1.82, 2.24) is 10.2 Å². The number of carbonyl (C=O) groups is 1. The van der Waals surface area contributed by atoms with Crippen molar-refractivity contribution in [3.05, 3.63) is 33.7 Å². The summed E-state index contributed by atoms with van der Waals surface area (Å²) in [4.78, 5) is 11.4. The van der Waals surface area contributed by atoms with Crippen LogP contribution in [0.25, 0.3) is 0 Å². The number of hydrogen-bond acceptors (Lipinski definition) is 5. The zero-order chi connectivity index (χ0) is 15.9. The Hall–Kier alpha value is -1.18. The number of hydrogen-bond donors (Lipinski definition) is 1. The molecule has 1 aromatic carbocycles. The first-order valence-corrected chi connectivity index (χ1v) is 8.75. The molecule has 1 unspecified atom stereocenters. The minimum atomic E-state index is -0.591. The molecule has 22 heavy (non-hydrogen) atoms. The molecule has 0 spiro atoms. The Morgan fingerprint density at radius 2 is 2.14 bits per heavy atom. The van der Waals surface area contributed by atoms with E-state index >= 15 is 0 Å². The number of nitrogens with zero attached hydrogens (tertiary/aromatic N) is 2. The van der Waals surface area contributed by atoms with Gasteiger partial charge in [-0.05, 0) is 37.6 Å². The van der Waals surface area contributed by atoms with Crippen LogP contribution in [0.1, 0.15) is 18.4 Å². The lowest BCUT2D eigenvalue weighted by Crippen LogP contribution is -2.20. The topological polar surface area (TPSA) is 64.1 Å². The summed E-state index contributed by atoms with van der Waals surface area (Å²) in [6, 6.07) is 7.70. The average molecular weight is 405 g/mol. The molecule has 8 heteroatoms. The molecular weight excluding hydrogens is 390 g/mol. The SMILES string of the molecule is CC(Cl)C(=O)Nc1nnc(CCCOc2ccc(Br)cc2)s1. The van der Waals surface area contributed by atoms with Crippen molar-refractivity contribution in [2.45, 2.75) is 25.1 Å². The summed E-state index contributed by atoms with van der Waals surface area (Å²) in [6.07, 6.45) is 1.57. The third-order valence-electron chi connectivity index (χ3n) is 2.68. The summed E-state index contributed by atoms with van der Waals surface area (Å²) < 4.78 is 6.66. The smallest absolute Gasteiger partial charge is 0.243 e. The molecule has 1 aromatic heterocycles. The lowest BCUT2D eigenvalue weighted by atomic mass is 10.3. The molecule has 0 radical (unpaired) electrons. The maximum atomic E-state index is 11.4. The molecule has 2 aromatic rings. The molecule has 1 atom stereocenters. The molecule has 0 aliphatic carbocycles. The molecule has 0 aliphatic heterocycles. The van der Waals surface area contributed by atoms with E-state index in [1.807, 2.05) is 24.3 Å². The van der Waals surface area contributed by atoms with E-state index in [2.05, 4.69) is 31.4 Å². The quantitative estimate of drug-likeness (QED) is 0.562. The van der Waals surface area contributed by atoms with E-state index in [1.165, 1.54) is 11.3 Å². The molecule has 5 nitrogen and oxygen atoms in total. The first-order valence-electron chi connectivity index (χ1n) is 6.70. The van der Waals surface area contributed by atoms with Crippen molar-refractivity contribution >= 4 is 49.9 Å². The normalized spacial score (nSPS) is 12.0. The molecule has 1 amide bonds. The third-order valence-corrected chi connectivity index (χ3v) is 4.30. The Labute approximate surface area is 146 Å². The Balaban J connectivity index is 1.72. The highest BCUT2D eigenvalue weighted by Gasteiger charge is 2.12. The highest BCUT2D eigenvalue weighted by molar-refractivity contribution is 9.10. The zero-order valence-electron chi connectivity index (χ0n) is 11.9. The van der Waals surface area contributed by atoms with Gasteiger partial charge in [0.1, 0.15) is 16.1 Å². The standard InChI is InChI=1S/C14H15BrClN3O2S/c1-9(16)13(20)17-14-19-18-12(22-14)3-2-8-21-11-6-4-10(15)5-7-11/h4-7,9H,2-3,8H2,1H3,(H,17,19,20). The van der Waals surface area contributed by atoms with Gasteiger partial charge in [0.25, 0.3) is 0 Å². The molecule has 0 aliphatic rings. The fourth-order valence-electron chi connectivity index (χ4n) is 1.55. The number of rotatable bonds is 7. The number of amides is 1. The summed E-state index contributed by atoms with van der Waals surface area (Å²) in [5, 5.41) is 11.3. The second kappa shape index (κ2) is 8.45. The summed E-state index contributed by atoms with van der Waals surface area (Å²) in [7, 11) is 0. The summed E-state index contributed by atoms with van der Waals surface area (Å²) in [6.45, 7) is 2.21. The molecule has 1 heterocycles. The molecular formula is C14H15BrClN3O2S. The number of benzene rings is 1. The lowest BCUT2D eigenvalue weighted by molar-refractivity contribution is -0.115. The molecule has 0 saturated heterocycles. The molecule has 0 saturated carbocycles. The monoisotopic (exact) mass is 403 g/mol. The highest BCUT2D eigenvalue weighted by atomic mass is 79.9. The van der Waals surface area contributed by atoms with Gasteiger partial charge in [0.2, 0.25) is 11.0 Å². The van der Waals surface area contributed by atoms with Crippen LogP contribution in [-0.4, -0.2) is 28.1 Å². The molecule has 1 N–H and O–H groups in total. The molecule has 2 rings (SSSR count). The van der Waals surface area contributed by atoms with E-state index in [4.69, 9.17) is 16.3 Å². The Bertz CT molecular complexity index is 619. The Kier molecular flexibility index (Phi) is 6.60. The van der Waals surface area contributed by atoms with Crippen LogP contribution >= 0.6 is 38.9 Å². The van der Waals surface area contributed by atoms with Crippen LogP contribution in [-0.2, 0) is 11.2 Å². The van der Waals surface area contributed by atoms with E-state index in [-0.39, 0.29) is 5.91 Å². The van der Waals surface area contributed by atoms with E-state index in [0.29, 0.717) is 11.7 Å². The maximum Gasteiger partial charge on any atom is 0.243 e. The third kappa shape index (κ3) is 5.55. The molecule has 118 valence electrons. The van der Waals surface area contributed by atoms with Crippen LogP contribution in [0.2, 0.25) is 0 Å². The predicted octanol–water partition coefficient (Wildman–Crippen LogP) is 3.88. The fraction of sp³-hybridized carbons (Fsp3) is 0.357. The maximum absolute atomic E-state index is 11.4. The van der Waals surface area contributed by atoms with Gasteiger partial charge in [0.15, 0.2) is 0 Å². The molecule has 0 fully saturated rings. The van der Waals surface area contributed by atoms with Crippen molar-refractivity contribution in [2.24, 2.45) is 0 Å². The van der Waals surface area contributed by atoms with E-state index < -0.39 is 5.38 Å². The van der Waals surface area contributed by atoms with Gasteiger partial charge in [0.05, 0.1) is 6.61 Å². The van der Waals surface area contributed by atoms with Gasteiger partial charge in [-0.25, -0.2) is 0 Å². The summed E-state index contributed by atoms with van der Waals surface area (Å²) >= 11 is 10.4. The van der Waals surface area contributed by atoms with Crippen LogP contribution in [0.5, 0.6) is 5.75 Å². The summed E-state index contributed by atoms with van der Waals surface area (Å²) in [5.41, 5.74) is 0. The van der Waals surface area contributed by atoms with E-state index in [0.717, 1.165) is 28.1 Å². The number of alkyl halides is 1. The first kappa shape index (κ1) is 17.2. The van der Waals surface area contributed by atoms with Crippen LogP contribution in [0.3, 0.4) is 0 Å². The average Bonchev–Trinajstić information content (AvgIpc) is 2.93. The van der Waals surface area contributed by atoms with Gasteiger partial charge in [0, 0.05) is 10.9 Å². The lowest BCUT2D eigenvalue weighted by Gasteiger charge is -2.04. The first-order chi connectivity index (χ1) is 10.5. The number of anilines is 1. The largest absolute Gasteiger partial charge is 0.494 e. The number of aromatic nitrogens is 2. The Morgan fingerprint density at radius 3 is 2.82 bits per heavy atom. The van der Waals surface area contributed by atoms with Crippen LogP contribution in [0, 0.1) is 0 Å². The number of halogens is 2. The van der Waals surface area contributed by atoms with Crippen LogP contribution < -0.4 is 10.1 Å². The van der Waals surface area contributed by atoms with Crippen LogP contribution in [0.15, 0.2) is 28.7 Å².